The first-order valence-corrected chi connectivity index (χ1v) is 7.16. The first-order valence-electron chi connectivity index (χ1n) is 7.16. The van der Waals surface area contributed by atoms with Crippen LogP contribution in [-0.2, 0) is 17.9 Å². The quantitative estimate of drug-likeness (QED) is 0.915. The van der Waals surface area contributed by atoms with Crippen LogP contribution in [0.3, 0.4) is 0 Å². The molecule has 1 aliphatic rings. The summed E-state index contributed by atoms with van der Waals surface area (Å²) in [4.78, 5) is 25.6. The highest BCUT2D eigenvalue weighted by Crippen LogP contribution is 2.27. The molecule has 0 unspecified atom stereocenters. The third-order valence-corrected chi connectivity index (χ3v) is 3.90. The summed E-state index contributed by atoms with van der Waals surface area (Å²) >= 11 is 0. The maximum Gasteiger partial charge on any atom is 0.343 e. The smallest absolute Gasteiger partial charge is 0.338 e. The summed E-state index contributed by atoms with van der Waals surface area (Å²) < 4.78 is 1.60. The number of aromatic nitrogens is 3. The number of aromatic amines is 1. The van der Waals surface area contributed by atoms with Crippen LogP contribution >= 0.6 is 0 Å². The second-order valence-electron chi connectivity index (χ2n) is 5.29. The van der Waals surface area contributed by atoms with Crippen LogP contribution in [0.1, 0.15) is 30.7 Å². The topological polar surface area (TPSA) is 71.0 Å². The molecule has 1 aromatic carbocycles. The summed E-state index contributed by atoms with van der Waals surface area (Å²) in [6.07, 6.45) is 0.414. The summed E-state index contributed by atoms with van der Waals surface area (Å²) in [5, 5.41) is 6.56. The molecule has 0 saturated carbocycles. The van der Waals surface area contributed by atoms with E-state index < -0.39 is 0 Å². The summed E-state index contributed by atoms with van der Waals surface area (Å²) in [7, 11) is 0. The number of carbonyl (C=O) groups excluding carboxylic acids is 1. The van der Waals surface area contributed by atoms with Gasteiger partial charge in [0.2, 0.25) is 5.91 Å². The van der Waals surface area contributed by atoms with Gasteiger partial charge in [0.25, 0.3) is 0 Å². The Morgan fingerprint density at radius 2 is 2.05 bits per heavy atom. The molecule has 21 heavy (non-hydrogen) atoms. The van der Waals surface area contributed by atoms with Crippen LogP contribution in [0.5, 0.6) is 0 Å². The lowest BCUT2D eigenvalue weighted by molar-refractivity contribution is -0.128. The fourth-order valence-electron chi connectivity index (χ4n) is 2.85. The van der Waals surface area contributed by atoms with Gasteiger partial charge in [-0.2, -0.15) is 5.10 Å². The van der Waals surface area contributed by atoms with Crippen molar-refractivity contribution in [3.8, 4) is 0 Å². The van der Waals surface area contributed by atoms with Gasteiger partial charge in [-0.3, -0.25) is 9.36 Å². The molecule has 0 radical (unpaired) electrons. The number of hydrogen-bond acceptors (Lipinski definition) is 3. The second-order valence-corrected chi connectivity index (χ2v) is 5.29. The maximum atomic E-state index is 12.2. The summed E-state index contributed by atoms with van der Waals surface area (Å²) in [5.74, 6) is 0.786. The van der Waals surface area contributed by atoms with Gasteiger partial charge in [-0.05, 0) is 12.5 Å². The molecule has 2 aromatic rings. The minimum absolute atomic E-state index is 0.0138. The van der Waals surface area contributed by atoms with E-state index in [1.807, 2.05) is 42.2 Å². The van der Waals surface area contributed by atoms with Crippen molar-refractivity contribution in [3.63, 3.8) is 0 Å². The highest BCUT2D eigenvalue weighted by atomic mass is 16.2. The van der Waals surface area contributed by atoms with Crippen molar-refractivity contribution in [2.24, 2.45) is 0 Å². The van der Waals surface area contributed by atoms with E-state index in [2.05, 4.69) is 10.2 Å². The molecular weight excluding hydrogens is 268 g/mol. The molecule has 6 nitrogen and oxygen atoms in total. The van der Waals surface area contributed by atoms with Crippen molar-refractivity contribution >= 4 is 5.91 Å². The lowest BCUT2D eigenvalue weighted by atomic mass is 10.1. The fraction of sp³-hybridized carbons (Fsp3) is 0.400. The van der Waals surface area contributed by atoms with Crippen LogP contribution in [-0.4, -0.2) is 32.1 Å². The second kappa shape index (κ2) is 5.55. The number of H-pyrrole nitrogens is 1. The number of amides is 1. The highest BCUT2D eigenvalue weighted by molar-refractivity contribution is 5.79. The Hall–Kier alpha value is -2.37. The normalized spacial score (nSPS) is 18.4. The van der Waals surface area contributed by atoms with E-state index in [1.54, 1.807) is 4.57 Å². The van der Waals surface area contributed by atoms with Crippen molar-refractivity contribution in [1.82, 2.24) is 19.7 Å². The third kappa shape index (κ3) is 2.61. The standard InChI is InChI=1S/C15H18N4O2/c1-2-19-14(16-17-15(19)21)12-8-13(20)18(10-12)9-11-6-4-3-5-7-11/h3-7,12H,2,8-10H2,1H3,(H,17,21)/t12-/m1/s1. The summed E-state index contributed by atoms with van der Waals surface area (Å²) in [6.45, 7) is 3.68. The highest BCUT2D eigenvalue weighted by Gasteiger charge is 2.33. The number of nitrogens with one attached hydrogen (secondary N) is 1. The Labute approximate surface area is 122 Å². The number of benzene rings is 1. The Balaban J connectivity index is 1.77. The van der Waals surface area contributed by atoms with E-state index in [9.17, 15) is 9.59 Å². The number of rotatable bonds is 4. The first kappa shape index (κ1) is 13.6. The van der Waals surface area contributed by atoms with Crippen LogP contribution in [0.25, 0.3) is 0 Å². The SMILES string of the molecule is CCn1c([C@@H]2CC(=O)N(Cc3ccccc3)C2)n[nH]c1=O. The van der Waals surface area contributed by atoms with Crippen LogP contribution in [0, 0.1) is 0 Å². The molecule has 3 rings (SSSR count). The van der Waals surface area contributed by atoms with E-state index in [1.165, 1.54) is 0 Å². The van der Waals surface area contributed by atoms with E-state index in [0.717, 1.165) is 5.56 Å². The predicted molar refractivity (Wildman–Crippen MR) is 77.7 cm³/mol. The molecule has 2 heterocycles. The first-order chi connectivity index (χ1) is 10.2. The van der Waals surface area contributed by atoms with Gasteiger partial charge < -0.3 is 4.90 Å². The molecule has 1 amide bonds. The molecule has 0 aliphatic carbocycles. The van der Waals surface area contributed by atoms with Crippen LogP contribution in [0.2, 0.25) is 0 Å². The molecule has 0 spiro atoms. The summed E-state index contributed by atoms with van der Waals surface area (Å²) in [6, 6.07) is 9.92. The zero-order valence-corrected chi connectivity index (χ0v) is 12.0. The predicted octanol–water partition coefficient (Wildman–Crippen LogP) is 1.11. The van der Waals surface area contributed by atoms with Crippen molar-refractivity contribution in [1.29, 1.82) is 0 Å². The van der Waals surface area contributed by atoms with E-state index in [-0.39, 0.29) is 17.5 Å². The maximum absolute atomic E-state index is 12.2. The van der Waals surface area contributed by atoms with Crippen molar-refractivity contribution in [2.75, 3.05) is 6.54 Å². The number of hydrogen-bond donors (Lipinski definition) is 1. The molecule has 0 bridgehead atoms. The molecule has 110 valence electrons. The zero-order chi connectivity index (χ0) is 14.8. The van der Waals surface area contributed by atoms with E-state index in [4.69, 9.17) is 0 Å². The fourth-order valence-corrected chi connectivity index (χ4v) is 2.85. The lowest BCUT2D eigenvalue weighted by Crippen LogP contribution is -2.25. The van der Waals surface area contributed by atoms with Gasteiger partial charge in [-0.25, -0.2) is 9.89 Å². The monoisotopic (exact) mass is 286 g/mol. The largest absolute Gasteiger partial charge is 0.343 e. The molecule has 1 atom stereocenters. The van der Waals surface area contributed by atoms with Gasteiger partial charge in [-0.1, -0.05) is 30.3 Å². The van der Waals surface area contributed by atoms with Gasteiger partial charge in [-0.15, -0.1) is 0 Å². The average Bonchev–Trinajstić information content (AvgIpc) is 3.03. The third-order valence-electron chi connectivity index (χ3n) is 3.90. The Morgan fingerprint density at radius 3 is 2.76 bits per heavy atom. The van der Waals surface area contributed by atoms with Crippen LogP contribution in [0.4, 0.5) is 0 Å². The van der Waals surface area contributed by atoms with Gasteiger partial charge >= 0.3 is 5.69 Å². The number of nitrogens with zero attached hydrogens (tertiary/aromatic N) is 3. The number of likely N-dealkylation sites (tertiary alicyclic amines) is 1. The Morgan fingerprint density at radius 1 is 1.29 bits per heavy atom. The molecular formula is C15H18N4O2. The molecule has 1 saturated heterocycles. The lowest BCUT2D eigenvalue weighted by Gasteiger charge is -2.16. The van der Waals surface area contributed by atoms with Crippen molar-refractivity contribution in [2.45, 2.75) is 32.4 Å². The average molecular weight is 286 g/mol. The molecule has 1 fully saturated rings. The molecule has 1 aromatic heterocycles. The van der Waals surface area contributed by atoms with Gasteiger partial charge in [0.1, 0.15) is 5.82 Å². The minimum Gasteiger partial charge on any atom is -0.338 e. The minimum atomic E-state index is -0.207. The van der Waals surface area contributed by atoms with Crippen molar-refractivity contribution in [3.05, 3.63) is 52.2 Å². The summed E-state index contributed by atoms with van der Waals surface area (Å²) in [5.41, 5.74) is 0.905. The van der Waals surface area contributed by atoms with Gasteiger partial charge in [0, 0.05) is 32.0 Å². The van der Waals surface area contributed by atoms with Gasteiger partial charge in [0.15, 0.2) is 0 Å². The molecule has 1 aliphatic heterocycles. The Bertz CT molecular complexity index is 689. The van der Waals surface area contributed by atoms with Crippen LogP contribution < -0.4 is 5.69 Å². The van der Waals surface area contributed by atoms with Crippen LogP contribution in [0.15, 0.2) is 35.1 Å². The van der Waals surface area contributed by atoms with E-state index in [0.29, 0.717) is 31.9 Å². The zero-order valence-electron chi connectivity index (χ0n) is 12.0. The number of carbonyl (C=O) groups is 1. The van der Waals surface area contributed by atoms with Gasteiger partial charge in [0.05, 0.1) is 0 Å². The molecule has 6 heteroatoms. The van der Waals surface area contributed by atoms with Crippen molar-refractivity contribution < 1.29 is 4.79 Å². The van der Waals surface area contributed by atoms with E-state index >= 15 is 0 Å². The Kier molecular flexibility index (Phi) is 3.60. The molecule has 1 N–H and O–H groups in total.